The van der Waals surface area contributed by atoms with Crippen LogP contribution in [0.15, 0.2) is 11.7 Å². The average Bonchev–Trinajstić information content (AvgIpc) is 2.80. The zero-order valence-electron chi connectivity index (χ0n) is 8.70. The van der Waals surface area contributed by atoms with Crippen LogP contribution in [-0.4, -0.2) is 17.6 Å². The number of nitrogens with one attached hydrogen (secondary N) is 1. The molecule has 2 unspecified atom stereocenters. The highest BCUT2D eigenvalue weighted by Crippen LogP contribution is 2.29. The van der Waals surface area contributed by atoms with Gasteiger partial charge in [0.05, 0.1) is 5.51 Å². The fourth-order valence-electron chi connectivity index (χ4n) is 2.41. The summed E-state index contributed by atoms with van der Waals surface area (Å²) < 4.78 is 0. The lowest BCUT2D eigenvalue weighted by Gasteiger charge is -2.19. The molecule has 1 N–H and O–H groups in total. The SMILES string of the molecule is CCNC1CCCC1Cc1cncs1. The van der Waals surface area contributed by atoms with Crippen LogP contribution in [0.5, 0.6) is 0 Å². The molecule has 78 valence electrons. The van der Waals surface area contributed by atoms with Crippen molar-refractivity contribution in [3.05, 3.63) is 16.6 Å². The Morgan fingerprint density at radius 2 is 2.50 bits per heavy atom. The minimum atomic E-state index is 0.752. The zero-order valence-corrected chi connectivity index (χ0v) is 9.52. The molecular formula is C11H18N2S. The lowest BCUT2D eigenvalue weighted by Crippen LogP contribution is -2.32. The summed E-state index contributed by atoms with van der Waals surface area (Å²) in [5.41, 5.74) is 1.94. The highest BCUT2D eigenvalue weighted by Gasteiger charge is 2.26. The first kappa shape index (κ1) is 10.1. The van der Waals surface area contributed by atoms with E-state index in [4.69, 9.17) is 0 Å². The Balaban J connectivity index is 1.90. The van der Waals surface area contributed by atoms with Crippen molar-refractivity contribution < 1.29 is 0 Å². The van der Waals surface area contributed by atoms with Crippen molar-refractivity contribution in [3.63, 3.8) is 0 Å². The van der Waals surface area contributed by atoms with Gasteiger partial charge in [-0.1, -0.05) is 13.3 Å². The van der Waals surface area contributed by atoms with E-state index in [0.29, 0.717) is 0 Å². The van der Waals surface area contributed by atoms with Gasteiger partial charge in [-0.05, 0) is 31.7 Å². The van der Waals surface area contributed by atoms with Gasteiger partial charge in [0.15, 0.2) is 0 Å². The van der Waals surface area contributed by atoms with Crippen LogP contribution in [-0.2, 0) is 6.42 Å². The van der Waals surface area contributed by atoms with E-state index in [9.17, 15) is 0 Å². The third-order valence-electron chi connectivity index (χ3n) is 3.07. The molecule has 1 aromatic rings. The highest BCUT2D eigenvalue weighted by molar-refractivity contribution is 7.09. The van der Waals surface area contributed by atoms with Crippen molar-refractivity contribution in [2.75, 3.05) is 6.54 Å². The summed E-state index contributed by atoms with van der Waals surface area (Å²) in [6.07, 6.45) is 7.38. The Morgan fingerprint density at radius 1 is 1.57 bits per heavy atom. The molecule has 0 aliphatic heterocycles. The quantitative estimate of drug-likeness (QED) is 0.825. The first-order valence-corrected chi connectivity index (χ1v) is 6.39. The van der Waals surface area contributed by atoms with Crippen LogP contribution in [0.25, 0.3) is 0 Å². The van der Waals surface area contributed by atoms with E-state index in [1.807, 2.05) is 11.7 Å². The second-order valence-corrected chi connectivity index (χ2v) is 5.00. The molecule has 0 bridgehead atoms. The highest BCUT2D eigenvalue weighted by atomic mass is 32.1. The van der Waals surface area contributed by atoms with Crippen molar-refractivity contribution in [1.29, 1.82) is 0 Å². The van der Waals surface area contributed by atoms with Gasteiger partial charge in [-0.25, -0.2) is 0 Å². The molecule has 14 heavy (non-hydrogen) atoms. The Morgan fingerprint density at radius 3 is 3.21 bits per heavy atom. The lowest BCUT2D eigenvalue weighted by atomic mass is 9.99. The number of hydrogen-bond donors (Lipinski definition) is 1. The van der Waals surface area contributed by atoms with E-state index >= 15 is 0 Å². The summed E-state index contributed by atoms with van der Waals surface area (Å²) in [6, 6.07) is 0.752. The van der Waals surface area contributed by atoms with Crippen molar-refractivity contribution in [2.24, 2.45) is 5.92 Å². The van der Waals surface area contributed by atoms with Gasteiger partial charge in [0.25, 0.3) is 0 Å². The van der Waals surface area contributed by atoms with E-state index in [-0.39, 0.29) is 0 Å². The van der Waals surface area contributed by atoms with Gasteiger partial charge in [0, 0.05) is 17.1 Å². The molecule has 0 spiro atoms. The topological polar surface area (TPSA) is 24.9 Å². The summed E-state index contributed by atoms with van der Waals surface area (Å²) in [7, 11) is 0. The molecule has 1 fully saturated rings. The van der Waals surface area contributed by atoms with Crippen LogP contribution in [0.3, 0.4) is 0 Å². The molecule has 3 heteroatoms. The van der Waals surface area contributed by atoms with Gasteiger partial charge < -0.3 is 5.32 Å². The van der Waals surface area contributed by atoms with Gasteiger partial charge >= 0.3 is 0 Å². The predicted octanol–water partition coefficient (Wildman–Crippen LogP) is 2.46. The summed E-state index contributed by atoms with van der Waals surface area (Å²) in [6.45, 7) is 3.30. The maximum atomic E-state index is 4.13. The first-order valence-electron chi connectivity index (χ1n) is 5.51. The smallest absolute Gasteiger partial charge is 0.0794 e. The fraction of sp³-hybridized carbons (Fsp3) is 0.727. The van der Waals surface area contributed by atoms with E-state index in [1.54, 1.807) is 11.3 Å². The van der Waals surface area contributed by atoms with Crippen LogP contribution in [0.4, 0.5) is 0 Å². The molecular weight excluding hydrogens is 192 g/mol. The van der Waals surface area contributed by atoms with Gasteiger partial charge in [-0.2, -0.15) is 0 Å². The van der Waals surface area contributed by atoms with Gasteiger partial charge in [0.1, 0.15) is 0 Å². The predicted molar refractivity (Wildman–Crippen MR) is 60.6 cm³/mol. The summed E-state index contributed by atoms with van der Waals surface area (Å²) in [4.78, 5) is 5.58. The van der Waals surface area contributed by atoms with E-state index < -0.39 is 0 Å². The maximum absolute atomic E-state index is 4.13. The molecule has 1 saturated carbocycles. The van der Waals surface area contributed by atoms with Crippen LogP contribution in [0.1, 0.15) is 31.1 Å². The fourth-order valence-corrected chi connectivity index (χ4v) is 3.10. The van der Waals surface area contributed by atoms with Crippen LogP contribution in [0.2, 0.25) is 0 Å². The molecule has 0 radical (unpaired) electrons. The largest absolute Gasteiger partial charge is 0.314 e. The van der Waals surface area contributed by atoms with Crippen molar-refractivity contribution in [1.82, 2.24) is 10.3 Å². The van der Waals surface area contributed by atoms with Crippen molar-refractivity contribution in [2.45, 2.75) is 38.6 Å². The lowest BCUT2D eigenvalue weighted by molar-refractivity contribution is 0.408. The van der Waals surface area contributed by atoms with Crippen molar-refractivity contribution >= 4 is 11.3 Å². The Kier molecular flexibility index (Phi) is 3.54. The molecule has 2 rings (SSSR count). The van der Waals surface area contributed by atoms with E-state index in [2.05, 4.69) is 17.2 Å². The number of thiazole rings is 1. The minimum Gasteiger partial charge on any atom is -0.314 e. The van der Waals surface area contributed by atoms with Gasteiger partial charge in [-0.15, -0.1) is 11.3 Å². The van der Waals surface area contributed by atoms with E-state index in [0.717, 1.165) is 18.5 Å². The number of nitrogens with zero attached hydrogens (tertiary/aromatic N) is 1. The maximum Gasteiger partial charge on any atom is 0.0794 e. The summed E-state index contributed by atoms with van der Waals surface area (Å²) in [5, 5.41) is 3.59. The van der Waals surface area contributed by atoms with Crippen LogP contribution < -0.4 is 5.32 Å². The number of rotatable bonds is 4. The normalized spacial score (nSPS) is 26.9. The minimum absolute atomic E-state index is 0.752. The monoisotopic (exact) mass is 210 g/mol. The van der Waals surface area contributed by atoms with Crippen molar-refractivity contribution in [3.8, 4) is 0 Å². The average molecular weight is 210 g/mol. The van der Waals surface area contributed by atoms with Crippen LogP contribution in [0, 0.1) is 5.92 Å². The Labute approximate surface area is 89.8 Å². The molecule has 2 nitrogen and oxygen atoms in total. The molecule has 1 aliphatic carbocycles. The second-order valence-electron chi connectivity index (χ2n) is 4.03. The molecule has 1 heterocycles. The standard InChI is InChI=1S/C11H18N2S/c1-2-13-11-5-3-4-9(11)6-10-7-12-8-14-10/h7-9,11,13H,2-6H2,1H3. The summed E-state index contributed by atoms with van der Waals surface area (Å²) >= 11 is 1.79. The molecule has 1 aromatic heterocycles. The van der Waals surface area contributed by atoms with Gasteiger partial charge in [-0.3, -0.25) is 4.98 Å². The van der Waals surface area contributed by atoms with E-state index in [1.165, 1.54) is 30.6 Å². The third-order valence-corrected chi connectivity index (χ3v) is 3.87. The molecule has 0 saturated heterocycles. The molecule has 0 aromatic carbocycles. The number of hydrogen-bond acceptors (Lipinski definition) is 3. The third kappa shape index (κ3) is 2.34. The zero-order chi connectivity index (χ0) is 9.80. The molecule has 2 atom stereocenters. The summed E-state index contributed by atoms with van der Waals surface area (Å²) in [5.74, 6) is 0.843. The Hall–Kier alpha value is -0.410. The first-order chi connectivity index (χ1) is 6.90. The Bertz CT molecular complexity index is 258. The molecule has 0 amide bonds. The second kappa shape index (κ2) is 4.89. The van der Waals surface area contributed by atoms with Gasteiger partial charge in [0.2, 0.25) is 0 Å². The number of aromatic nitrogens is 1. The van der Waals surface area contributed by atoms with Crippen LogP contribution >= 0.6 is 11.3 Å². The molecule has 1 aliphatic rings.